The second-order valence-corrected chi connectivity index (χ2v) is 7.78. The third-order valence-corrected chi connectivity index (χ3v) is 6.13. The largest absolute Gasteiger partial charge is 0.497 e. The number of rotatable bonds is 4. The fourth-order valence-electron chi connectivity index (χ4n) is 4.83. The average Bonchev–Trinajstić information content (AvgIpc) is 3.26. The van der Waals surface area contributed by atoms with E-state index in [1.54, 1.807) is 14.0 Å². The number of nitriles is 1. The zero-order valence-corrected chi connectivity index (χ0v) is 16.3. The summed E-state index contributed by atoms with van der Waals surface area (Å²) in [5.74, 6) is 1.84. The fourth-order valence-corrected chi connectivity index (χ4v) is 4.83. The maximum absolute atomic E-state index is 12.3. The molecule has 4 rings (SSSR count). The zero-order chi connectivity index (χ0) is 19.7. The maximum atomic E-state index is 12.3. The summed E-state index contributed by atoms with van der Waals surface area (Å²) < 4.78 is 5.28. The van der Waals surface area contributed by atoms with Crippen LogP contribution in [0.15, 0.2) is 48.5 Å². The van der Waals surface area contributed by atoms with Crippen molar-refractivity contribution in [3.8, 4) is 11.8 Å². The highest BCUT2D eigenvalue weighted by Crippen LogP contribution is 2.45. The number of carbonyl (C=O) groups is 1. The van der Waals surface area contributed by atoms with Crippen LogP contribution < -0.4 is 4.74 Å². The Balaban J connectivity index is 1.55. The highest BCUT2D eigenvalue weighted by Gasteiger charge is 2.48. The Labute approximate surface area is 166 Å². The predicted molar refractivity (Wildman–Crippen MR) is 107 cm³/mol. The monoisotopic (exact) mass is 375 g/mol. The Morgan fingerprint density at radius 3 is 2.57 bits per heavy atom. The van der Waals surface area contributed by atoms with Gasteiger partial charge in [-0.2, -0.15) is 5.26 Å². The van der Waals surface area contributed by atoms with Crippen LogP contribution in [0.2, 0.25) is 0 Å². The first-order chi connectivity index (χ1) is 13.6. The van der Waals surface area contributed by atoms with Gasteiger partial charge in [-0.3, -0.25) is 9.69 Å². The van der Waals surface area contributed by atoms with Crippen molar-refractivity contribution in [3.05, 3.63) is 65.2 Å². The molecule has 0 saturated carbocycles. The number of fused-ring (bicyclic) bond motifs is 1. The molecule has 144 valence electrons. The smallest absolute Gasteiger partial charge is 0.219 e. The number of hydrogen-bond acceptors (Lipinski definition) is 4. The average molecular weight is 375 g/mol. The molecule has 2 aliphatic rings. The summed E-state index contributed by atoms with van der Waals surface area (Å²) in [6, 6.07) is 18.3. The Hall–Kier alpha value is -2.84. The molecule has 0 aromatic heterocycles. The van der Waals surface area contributed by atoms with Crippen molar-refractivity contribution in [1.29, 1.82) is 5.26 Å². The highest BCUT2D eigenvalue weighted by molar-refractivity contribution is 5.74. The van der Waals surface area contributed by atoms with Gasteiger partial charge in [-0.25, -0.2) is 0 Å². The summed E-state index contributed by atoms with van der Waals surface area (Å²) in [4.78, 5) is 16.7. The lowest BCUT2D eigenvalue weighted by atomic mass is 9.89. The van der Waals surface area contributed by atoms with Crippen molar-refractivity contribution >= 4 is 5.91 Å². The SMILES string of the molecule is COc1ccc([C@H]2[C@@H]3CN(Cc4ccccc4C#N)C[C@@H]3CN2C(C)=O)cc1. The number of methoxy groups -OCH3 is 1. The number of benzene rings is 2. The van der Waals surface area contributed by atoms with Crippen LogP contribution in [-0.4, -0.2) is 42.5 Å². The van der Waals surface area contributed by atoms with Crippen molar-refractivity contribution in [3.63, 3.8) is 0 Å². The summed E-state index contributed by atoms with van der Waals surface area (Å²) in [5.41, 5.74) is 2.99. The summed E-state index contributed by atoms with van der Waals surface area (Å²) in [6.45, 7) is 5.14. The van der Waals surface area contributed by atoms with E-state index in [0.29, 0.717) is 11.8 Å². The van der Waals surface area contributed by atoms with Crippen LogP contribution in [0.25, 0.3) is 0 Å². The fraction of sp³-hybridized carbons (Fsp3) is 0.391. The van der Waals surface area contributed by atoms with E-state index < -0.39 is 0 Å². The van der Waals surface area contributed by atoms with E-state index in [1.165, 1.54) is 5.56 Å². The van der Waals surface area contributed by atoms with Gasteiger partial charge in [0.25, 0.3) is 0 Å². The molecule has 5 nitrogen and oxygen atoms in total. The third-order valence-electron chi connectivity index (χ3n) is 6.13. The second-order valence-electron chi connectivity index (χ2n) is 7.78. The van der Waals surface area contributed by atoms with Crippen molar-refractivity contribution in [2.24, 2.45) is 11.8 Å². The molecule has 28 heavy (non-hydrogen) atoms. The van der Waals surface area contributed by atoms with Gasteiger partial charge in [0.15, 0.2) is 0 Å². The lowest BCUT2D eigenvalue weighted by molar-refractivity contribution is -0.130. The Morgan fingerprint density at radius 1 is 1.14 bits per heavy atom. The molecule has 2 fully saturated rings. The van der Waals surface area contributed by atoms with E-state index in [0.717, 1.165) is 43.1 Å². The minimum atomic E-state index is 0.101. The molecule has 2 aromatic carbocycles. The van der Waals surface area contributed by atoms with Gasteiger partial charge in [-0.15, -0.1) is 0 Å². The number of nitrogens with zero attached hydrogens (tertiary/aromatic N) is 3. The number of likely N-dealkylation sites (tertiary alicyclic amines) is 2. The van der Waals surface area contributed by atoms with Crippen LogP contribution >= 0.6 is 0 Å². The van der Waals surface area contributed by atoms with Crippen LogP contribution in [0.5, 0.6) is 5.75 Å². The van der Waals surface area contributed by atoms with E-state index in [-0.39, 0.29) is 11.9 Å². The van der Waals surface area contributed by atoms with E-state index in [1.807, 2.05) is 41.3 Å². The van der Waals surface area contributed by atoms with E-state index >= 15 is 0 Å². The molecule has 2 aliphatic heterocycles. The minimum absolute atomic E-state index is 0.101. The van der Waals surface area contributed by atoms with Gasteiger partial charge in [0.2, 0.25) is 5.91 Å². The number of carbonyl (C=O) groups excluding carboxylic acids is 1. The normalized spacial score (nSPS) is 24.0. The van der Waals surface area contributed by atoms with Crippen molar-refractivity contribution in [1.82, 2.24) is 9.80 Å². The molecule has 5 heteroatoms. The molecular weight excluding hydrogens is 350 g/mol. The molecule has 0 aliphatic carbocycles. The summed E-state index contributed by atoms with van der Waals surface area (Å²) >= 11 is 0. The number of ether oxygens (including phenoxy) is 1. The standard InChI is InChI=1S/C23H25N3O2/c1-16(27)26-14-20-13-25(12-19-6-4-3-5-18(19)11-24)15-22(20)23(26)17-7-9-21(28-2)10-8-17/h3-10,20,22-23H,12-15H2,1-2H3/t20-,22-,23+/m1/s1. The van der Waals surface area contributed by atoms with Gasteiger partial charge in [0, 0.05) is 39.0 Å². The van der Waals surface area contributed by atoms with Crippen LogP contribution in [-0.2, 0) is 11.3 Å². The van der Waals surface area contributed by atoms with Crippen LogP contribution in [0.1, 0.15) is 29.7 Å². The van der Waals surface area contributed by atoms with Crippen LogP contribution in [0.3, 0.4) is 0 Å². The van der Waals surface area contributed by atoms with Gasteiger partial charge in [-0.1, -0.05) is 30.3 Å². The Kier molecular flexibility index (Phi) is 5.06. The quantitative estimate of drug-likeness (QED) is 0.823. The van der Waals surface area contributed by atoms with Gasteiger partial charge < -0.3 is 9.64 Å². The summed E-state index contributed by atoms with van der Waals surface area (Å²) in [7, 11) is 1.66. The Bertz CT molecular complexity index is 903. The molecular formula is C23H25N3O2. The lowest BCUT2D eigenvalue weighted by Gasteiger charge is -2.29. The maximum Gasteiger partial charge on any atom is 0.219 e. The van der Waals surface area contributed by atoms with Gasteiger partial charge in [0.05, 0.1) is 24.8 Å². The van der Waals surface area contributed by atoms with Crippen molar-refractivity contribution in [2.45, 2.75) is 19.5 Å². The molecule has 0 radical (unpaired) electrons. The molecule has 0 bridgehead atoms. The van der Waals surface area contributed by atoms with E-state index in [9.17, 15) is 10.1 Å². The Morgan fingerprint density at radius 2 is 1.89 bits per heavy atom. The first-order valence-electron chi connectivity index (χ1n) is 9.72. The van der Waals surface area contributed by atoms with Crippen LogP contribution in [0, 0.1) is 23.2 Å². The highest BCUT2D eigenvalue weighted by atomic mass is 16.5. The second kappa shape index (κ2) is 7.65. The molecule has 1 amide bonds. The van der Waals surface area contributed by atoms with Gasteiger partial charge in [0.1, 0.15) is 5.75 Å². The van der Waals surface area contributed by atoms with Crippen molar-refractivity contribution in [2.75, 3.05) is 26.7 Å². The minimum Gasteiger partial charge on any atom is -0.497 e. The third kappa shape index (κ3) is 3.36. The first-order valence-corrected chi connectivity index (χ1v) is 9.72. The molecule has 0 unspecified atom stereocenters. The van der Waals surface area contributed by atoms with Crippen molar-refractivity contribution < 1.29 is 9.53 Å². The van der Waals surface area contributed by atoms with E-state index in [4.69, 9.17) is 4.74 Å². The first kappa shape index (κ1) is 18.5. The molecule has 2 saturated heterocycles. The van der Waals surface area contributed by atoms with Crippen LogP contribution in [0.4, 0.5) is 0 Å². The summed E-state index contributed by atoms with van der Waals surface area (Å²) in [6.07, 6.45) is 0. The molecule has 2 heterocycles. The lowest BCUT2D eigenvalue weighted by Crippen LogP contribution is -2.34. The molecule has 3 atom stereocenters. The molecule has 0 spiro atoms. The topological polar surface area (TPSA) is 56.6 Å². The van der Waals surface area contributed by atoms with E-state index in [2.05, 4.69) is 23.1 Å². The summed E-state index contributed by atoms with van der Waals surface area (Å²) in [5, 5.41) is 9.36. The van der Waals surface area contributed by atoms with Gasteiger partial charge in [-0.05, 0) is 35.2 Å². The molecule has 0 N–H and O–H groups in total. The zero-order valence-electron chi connectivity index (χ0n) is 16.3. The number of hydrogen-bond donors (Lipinski definition) is 0. The van der Waals surface area contributed by atoms with Gasteiger partial charge >= 0.3 is 0 Å². The molecule has 2 aromatic rings. The number of amides is 1. The predicted octanol–water partition coefficient (Wildman–Crippen LogP) is 3.22.